The van der Waals surface area contributed by atoms with E-state index in [-0.39, 0.29) is 24.3 Å². The number of carbonyl (C=O) groups excluding carboxylic acids is 1. The third kappa shape index (κ3) is 5.88. The van der Waals surface area contributed by atoms with E-state index in [1.165, 1.54) is 0 Å². The molecular weight excluding hydrogens is 547 g/mol. The molecule has 0 unspecified atom stereocenters. The quantitative estimate of drug-likeness (QED) is 0.144. The minimum Gasteiger partial charge on any atom is -0.373 e. The van der Waals surface area contributed by atoms with Crippen LogP contribution in [0.4, 0.5) is 4.39 Å². The van der Waals surface area contributed by atoms with Gasteiger partial charge in [-0.2, -0.15) is 0 Å². The van der Waals surface area contributed by atoms with Gasteiger partial charge in [-0.1, -0.05) is 33.6 Å². The van der Waals surface area contributed by atoms with Crippen LogP contribution in [0, 0.1) is 11.7 Å². The van der Waals surface area contributed by atoms with Crippen LogP contribution >= 0.6 is 27.5 Å². The molecule has 0 spiro atoms. The van der Waals surface area contributed by atoms with Crippen molar-refractivity contribution < 1.29 is 13.9 Å². The van der Waals surface area contributed by atoms with Gasteiger partial charge in [-0.15, -0.1) is 0 Å². The van der Waals surface area contributed by atoms with Gasteiger partial charge >= 0.3 is 0 Å². The fourth-order valence-corrected chi connectivity index (χ4v) is 5.07. The summed E-state index contributed by atoms with van der Waals surface area (Å²) < 4.78 is 26.4. The normalized spacial score (nSPS) is 13.5. The van der Waals surface area contributed by atoms with Crippen molar-refractivity contribution in [1.82, 2.24) is 19.1 Å². The van der Waals surface area contributed by atoms with Crippen LogP contribution in [-0.4, -0.2) is 38.1 Å². The molecule has 2 aromatic carbocycles. The van der Waals surface area contributed by atoms with Gasteiger partial charge in [0.05, 0.1) is 24.8 Å². The van der Waals surface area contributed by atoms with Crippen LogP contribution in [0.1, 0.15) is 47.2 Å². The number of halogens is 3. The first-order chi connectivity index (χ1) is 17.5. The van der Waals surface area contributed by atoms with Crippen molar-refractivity contribution in [3.05, 3.63) is 81.3 Å². The van der Waals surface area contributed by atoms with Crippen LogP contribution in [0.25, 0.3) is 11.0 Å². The van der Waals surface area contributed by atoms with Gasteiger partial charge in [-0.3, -0.25) is 4.79 Å². The summed E-state index contributed by atoms with van der Waals surface area (Å²) in [7, 11) is 0. The standard InChI is InChI=1S/C27H27BrClFN4O2/c28-20-6-5-19(23(29)12-20)11-22-21(25(35)15-36-14-18-3-4-18)13-24-27(26(22)30)32-17-34(24)9-2-1-8-33-10-7-31-16-33/h5-7,10,12-13,16-18H,1-4,8-9,11,14-15H2. The third-order valence-corrected chi connectivity index (χ3v) is 7.39. The Hall–Kier alpha value is -2.55. The summed E-state index contributed by atoms with van der Waals surface area (Å²) in [4.78, 5) is 21.7. The summed E-state index contributed by atoms with van der Waals surface area (Å²) in [6.45, 7) is 2.04. The molecule has 0 amide bonds. The van der Waals surface area contributed by atoms with E-state index in [1.807, 2.05) is 27.5 Å². The molecule has 9 heteroatoms. The molecule has 0 saturated heterocycles. The second-order valence-electron chi connectivity index (χ2n) is 9.32. The summed E-state index contributed by atoms with van der Waals surface area (Å²) in [5, 5.41) is 0.510. The van der Waals surface area contributed by atoms with Crippen molar-refractivity contribution in [1.29, 1.82) is 0 Å². The van der Waals surface area contributed by atoms with Crippen molar-refractivity contribution in [2.75, 3.05) is 13.2 Å². The summed E-state index contributed by atoms with van der Waals surface area (Å²) >= 11 is 9.84. The van der Waals surface area contributed by atoms with Crippen molar-refractivity contribution in [3.63, 3.8) is 0 Å². The van der Waals surface area contributed by atoms with Gasteiger partial charge in [0.15, 0.2) is 11.6 Å². The predicted molar refractivity (Wildman–Crippen MR) is 141 cm³/mol. The van der Waals surface area contributed by atoms with Crippen molar-refractivity contribution in [2.45, 2.75) is 45.2 Å². The Morgan fingerprint density at radius 3 is 2.78 bits per heavy atom. The number of ketones is 1. The first-order valence-electron chi connectivity index (χ1n) is 12.2. The summed E-state index contributed by atoms with van der Waals surface area (Å²) in [6, 6.07) is 7.24. The fourth-order valence-electron chi connectivity index (χ4n) is 4.33. The zero-order valence-electron chi connectivity index (χ0n) is 19.8. The van der Waals surface area contributed by atoms with Crippen LogP contribution in [0.2, 0.25) is 5.02 Å². The van der Waals surface area contributed by atoms with Crippen LogP contribution in [0.5, 0.6) is 0 Å². The minimum atomic E-state index is -0.478. The van der Waals surface area contributed by atoms with E-state index >= 15 is 4.39 Å². The Labute approximate surface area is 222 Å². The van der Waals surface area contributed by atoms with Crippen molar-refractivity contribution >= 4 is 44.3 Å². The van der Waals surface area contributed by atoms with Gasteiger partial charge in [-0.25, -0.2) is 14.4 Å². The molecule has 0 bridgehead atoms. The number of benzene rings is 2. The lowest BCUT2D eigenvalue weighted by atomic mass is 9.95. The smallest absolute Gasteiger partial charge is 0.188 e. The SMILES string of the molecule is O=C(COCC1CC1)c1cc2c(ncn2CCCCn2ccnc2)c(F)c1Cc1ccc(Br)cc1Cl. The zero-order valence-corrected chi connectivity index (χ0v) is 22.1. The van der Waals surface area contributed by atoms with Crippen molar-refractivity contribution in [3.8, 4) is 0 Å². The van der Waals surface area contributed by atoms with E-state index in [4.69, 9.17) is 16.3 Å². The van der Waals surface area contributed by atoms with E-state index in [0.29, 0.717) is 40.7 Å². The monoisotopic (exact) mass is 572 g/mol. The van der Waals surface area contributed by atoms with Gasteiger partial charge in [-0.05, 0) is 55.4 Å². The molecule has 2 aromatic heterocycles. The number of unbranched alkanes of at least 4 members (excludes halogenated alkanes) is 1. The second kappa shape index (κ2) is 11.2. The molecular formula is C27H27BrClFN4O2. The van der Waals surface area contributed by atoms with Crippen molar-refractivity contribution in [2.24, 2.45) is 5.92 Å². The first-order valence-corrected chi connectivity index (χ1v) is 13.3. The summed E-state index contributed by atoms with van der Waals surface area (Å²) in [5.41, 5.74) is 2.26. The maximum Gasteiger partial charge on any atom is 0.188 e. The number of imidazole rings is 2. The molecule has 1 saturated carbocycles. The molecule has 6 nitrogen and oxygen atoms in total. The van der Waals surface area contributed by atoms with E-state index in [2.05, 4.69) is 25.9 Å². The highest BCUT2D eigenvalue weighted by atomic mass is 79.9. The first kappa shape index (κ1) is 25.1. The largest absolute Gasteiger partial charge is 0.373 e. The number of hydrogen-bond donors (Lipinski definition) is 0. The van der Waals surface area contributed by atoms with E-state index in [0.717, 1.165) is 42.3 Å². The summed E-state index contributed by atoms with van der Waals surface area (Å²) in [6.07, 6.45) is 11.4. The molecule has 188 valence electrons. The third-order valence-electron chi connectivity index (χ3n) is 6.55. The van der Waals surface area contributed by atoms with Crippen LogP contribution in [0.15, 0.2) is 53.8 Å². The lowest BCUT2D eigenvalue weighted by Crippen LogP contribution is -2.15. The molecule has 0 aliphatic heterocycles. The Morgan fingerprint density at radius 2 is 2.03 bits per heavy atom. The Kier molecular flexibility index (Phi) is 7.84. The molecule has 4 aromatic rings. The van der Waals surface area contributed by atoms with Gasteiger partial charge in [0.1, 0.15) is 12.1 Å². The number of aryl methyl sites for hydroxylation is 2. The molecule has 1 fully saturated rings. The number of rotatable bonds is 12. The van der Waals surface area contributed by atoms with E-state index < -0.39 is 5.82 Å². The number of nitrogens with zero attached hydrogens (tertiary/aromatic N) is 4. The predicted octanol–water partition coefficient (Wildman–Crippen LogP) is 6.47. The number of Topliss-reactive ketones (excluding diaryl/α,β-unsaturated/α-hetero) is 1. The molecule has 1 aliphatic carbocycles. The average molecular weight is 574 g/mol. The second-order valence-corrected chi connectivity index (χ2v) is 10.6. The van der Waals surface area contributed by atoms with Gasteiger partial charge in [0.2, 0.25) is 0 Å². The molecule has 36 heavy (non-hydrogen) atoms. The maximum absolute atomic E-state index is 15.9. The summed E-state index contributed by atoms with van der Waals surface area (Å²) in [5.74, 6) is -0.163. The Bertz CT molecular complexity index is 1370. The van der Waals surface area contributed by atoms with Gasteiger partial charge in [0, 0.05) is 52.5 Å². The van der Waals surface area contributed by atoms with Gasteiger partial charge in [0.25, 0.3) is 0 Å². The number of aromatic nitrogens is 4. The van der Waals surface area contributed by atoms with Crippen LogP contribution in [0.3, 0.4) is 0 Å². The van der Waals surface area contributed by atoms with E-state index in [9.17, 15) is 4.79 Å². The molecule has 0 atom stereocenters. The minimum absolute atomic E-state index is 0.0679. The van der Waals surface area contributed by atoms with Crippen LogP contribution in [-0.2, 0) is 24.2 Å². The number of fused-ring (bicyclic) bond motifs is 1. The highest BCUT2D eigenvalue weighted by molar-refractivity contribution is 9.10. The molecule has 1 aliphatic rings. The van der Waals surface area contributed by atoms with E-state index in [1.54, 1.807) is 31.0 Å². The highest BCUT2D eigenvalue weighted by Crippen LogP contribution is 2.31. The van der Waals surface area contributed by atoms with Gasteiger partial charge < -0.3 is 13.9 Å². The molecule has 0 radical (unpaired) electrons. The number of carbonyl (C=O) groups is 1. The zero-order chi connectivity index (χ0) is 25.1. The maximum atomic E-state index is 15.9. The molecule has 0 N–H and O–H groups in total. The Morgan fingerprint density at radius 1 is 1.19 bits per heavy atom. The molecule has 2 heterocycles. The number of ether oxygens (including phenoxy) is 1. The molecule has 5 rings (SSSR count). The lowest BCUT2D eigenvalue weighted by molar-refractivity contribution is 0.0738. The average Bonchev–Trinajstić information content (AvgIpc) is 3.35. The number of hydrogen-bond acceptors (Lipinski definition) is 4. The Balaban J connectivity index is 1.42. The fraction of sp³-hybridized carbons (Fsp3) is 0.370. The highest BCUT2D eigenvalue weighted by Gasteiger charge is 2.25. The lowest BCUT2D eigenvalue weighted by Gasteiger charge is -2.14. The topological polar surface area (TPSA) is 61.9 Å². The van der Waals surface area contributed by atoms with Crippen LogP contribution < -0.4 is 0 Å².